The van der Waals surface area contributed by atoms with Crippen LogP contribution in [0.15, 0.2) is 57.8 Å². The smallest absolute Gasteiger partial charge is 0.260 e. The summed E-state index contributed by atoms with van der Waals surface area (Å²) in [5.41, 5.74) is 2.48. The molecule has 178 valence electrons. The van der Waals surface area contributed by atoms with Crippen LogP contribution in [-0.2, 0) is 9.53 Å². The van der Waals surface area contributed by atoms with Gasteiger partial charge in [-0.1, -0.05) is 41.5 Å². The van der Waals surface area contributed by atoms with Crippen molar-refractivity contribution in [3.63, 3.8) is 0 Å². The number of aromatic nitrogens is 2. The molecule has 34 heavy (non-hydrogen) atoms. The molecular formula is C24H26ClN5O4. The van der Waals surface area contributed by atoms with Gasteiger partial charge in [-0.25, -0.2) is 4.99 Å². The summed E-state index contributed by atoms with van der Waals surface area (Å²) in [6, 6.07) is 4.99. The molecule has 1 amide bonds. The quantitative estimate of drug-likeness (QED) is 0.649. The second-order valence-electron chi connectivity index (χ2n) is 7.92. The van der Waals surface area contributed by atoms with Crippen molar-refractivity contribution in [2.45, 2.75) is 32.9 Å². The van der Waals surface area contributed by atoms with Crippen molar-refractivity contribution in [3.8, 4) is 11.4 Å². The SMILES string of the molecule is C=C(/N=C1\C(=C/C)C=C(c2ccc(-c3noc(C)n3)cc2Cl)C(=O)N1CC)N[C@H]1COC[C@H]1O. The number of amidine groups is 1. The molecule has 3 heterocycles. The van der Waals surface area contributed by atoms with Crippen LogP contribution in [0.4, 0.5) is 0 Å². The maximum atomic E-state index is 13.5. The number of nitrogens with one attached hydrogen (secondary N) is 1. The van der Waals surface area contributed by atoms with E-state index in [4.69, 9.17) is 20.9 Å². The zero-order valence-corrected chi connectivity index (χ0v) is 20.0. The topological polar surface area (TPSA) is 113 Å². The van der Waals surface area contributed by atoms with Gasteiger partial charge in [0, 0.05) is 40.8 Å². The van der Waals surface area contributed by atoms with Gasteiger partial charge < -0.3 is 19.7 Å². The summed E-state index contributed by atoms with van der Waals surface area (Å²) in [5, 5.41) is 17.4. The first-order valence-electron chi connectivity index (χ1n) is 10.9. The number of benzene rings is 1. The minimum absolute atomic E-state index is 0.228. The Hall–Kier alpha value is -3.27. The molecule has 2 aliphatic rings. The van der Waals surface area contributed by atoms with E-state index in [1.165, 1.54) is 0 Å². The van der Waals surface area contributed by atoms with E-state index >= 15 is 0 Å². The highest BCUT2D eigenvalue weighted by molar-refractivity contribution is 6.37. The monoisotopic (exact) mass is 483 g/mol. The van der Waals surface area contributed by atoms with Gasteiger partial charge in [0.1, 0.15) is 11.7 Å². The molecular weight excluding hydrogens is 458 g/mol. The first kappa shape index (κ1) is 23.9. The Kier molecular flexibility index (Phi) is 6.97. The number of nitrogens with zero attached hydrogens (tertiary/aromatic N) is 4. The Morgan fingerprint density at radius 2 is 2.24 bits per heavy atom. The lowest BCUT2D eigenvalue weighted by atomic mass is 9.95. The average Bonchev–Trinajstić information content (AvgIpc) is 3.42. The van der Waals surface area contributed by atoms with E-state index in [-0.39, 0.29) is 18.6 Å². The summed E-state index contributed by atoms with van der Waals surface area (Å²) >= 11 is 6.59. The number of carbonyl (C=O) groups is 1. The molecule has 0 bridgehead atoms. The highest BCUT2D eigenvalue weighted by Crippen LogP contribution is 2.33. The molecule has 4 rings (SSSR count). The van der Waals surface area contributed by atoms with Crippen LogP contribution in [0.1, 0.15) is 25.3 Å². The van der Waals surface area contributed by atoms with Crippen LogP contribution in [0.2, 0.25) is 5.02 Å². The van der Waals surface area contributed by atoms with E-state index < -0.39 is 6.10 Å². The molecule has 2 atom stereocenters. The van der Waals surface area contributed by atoms with Crippen LogP contribution >= 0.6 is 11.6 Å². The lowest BCUT2D eigenvalue weighted by Gasteiger charge is -2.30. The number of amides is 1. The van der Waals surface area contributed by atoms with Crippen molar-refractivity contribution in [2.75, 3.05) is 19.8 Å². The largest absolute Gasteiger partial charge is 0.388 e. The highest BCUT2D eigenvalue weighted by Gasteiger charge is 2.31. The second kappa shape index (κ2) is 9.92. The van der Waals surface area contributed by atoms with Crippen LogP contribution in [-0.4, -0.2) is 63.8 Å². The van der Waals surface area contributed by atoms with Crippen LogP contribution in [0.5, 0.6) is 0 Å². The first-order chi connectivity index (χ1) is 16.3. The number of halogens is 1. The zero-order valence-electron chi connectivity index (χ0n) is 19.2. The summed E-state index contributed by atoms with van der Waals surface area (Å²) in [4.78, 5) is 23.8. The molecule has 2 N–H and O–H groups in total. The molecule has 2 aromatic rings. The lowest BCUT2D eigenvalue weighted by molar-refractivity contribution is -0.121. The number of ether oxygens (including phenoxy) is 1. The molecule has 0 aliphatic carbocycles. The molecule has 1 fully saturated rings. The zero-order chi connectivity index (χ0) is 24.4. The molecule has 9 nitrogen and oxygen atoms in total. The molecule has 0 saturated carbocycles. The standard InChI is InChI=1S/C24H26ClN5O4/c1-5-15-9-18(17-8-7-16(10-19(17)25)22-28-14(4)34-29-22)24(32)30(6-2)23(15)27-13(3)26-20-11-33-12-21(20)31/h5,7-10,20-21,26,31H,3,6,11-12H2,1-2,4H3/b15-5-,27-23+/t20-,21+/m0/s1. The van der Waals surface area contributed by atoms with Crippen LogP contribution in [0.25, 0.3) is 17.0 Å². The van der Waals surface area contributed by atoms with Gasteiger partial charge in [0.15, 0.2) is 0 Å². The van der Waals surface area contributed by atoms with Gasteiger partial charge in [0.05, 0.1) is 25.4 Å². The fourth-order valence-electron chi connectivity index (χ4n) is 3.85. The van der Waals surface area contributed by atoms with Crippen molar-refractivity contribution < 1.29 is 19.2 Å². The van der Waals surface area contributed by atoms with Crippen LogP contribution in [0.3, 0.4) is 0 Å². The van der Waals surface area contributed by atoms with Crippen molar-refractivity contribution in [3.05, 3.63) is 64.8 Å². The third-order valence-corrected chi connectivity index (χ3v) is 5.92. The Labute approximate surface area is 202 Å². The van der Waals surface area contributed by atoms with Gasteiger partial charge >= 0.3 is 0 Å². The van der Waals surface area contributed by atoms with Crippen molar-refractivity contribution >= 4 is 28.9 Å². The molecule has 10 heteroatoms. The maximum Gasteiger partial charge on any atom is 0.260 e. The number of rotatable bonds is 6. The van der Waals surface area contributed by atoms with E-state index in [0.717, 1.165) is 5.57 Å². The number of aliphatic hydroxyl groups is 1. The number of hydrogen-bond acceptors (Lipinski definition) is 8. The normalized spacial score (nSPS) is 23.0. The Bertz CT molecular complexity index is 1220. The number of allylic oxidation sites excluding steroid dienone is 1. The van der Waals surface area contributed by atoms with Gasteiger partial charge in [-0.15, -0.1) is 0 Å². The lowest BCUT2D eigenvalue weighted by Crippen LogP contribution is -2.42. The highest BCUT2D eigenvalue weighted by atomic mass is 35.5. The summed E-state index contributed by atoms with van der Waals surface area (Å²) in [5.74, 6) is 1.46. The van der Waals surface area contributed by atoms with Crippen LogP contribution < -0.4 is 5.32 Å². The third kappa shape index (κ3) is 4.68. The molecule has 1 aromatic heterocycles. The van der Waals surface area contributed by atoms with Crippen LogP contribution in [0, 0.1) is 6.92 Å². The minimum atomic E-state index is -0.638. The number of aliphatic hydroxyl groups excluding tert-OH is 1. The number of hydrogen-bond donors (Lipinski definition) is 2. The van der Waals surface area contributed by atoms with Gasteiger partial charge in [-0.2, -0.15) is 4.98 Å². The van der Waals surface area contributed by atoms with Crippen molar-refractivity contribution in [1.82, 2.24) is 20.4 Å². The fourth-order valence-corrected chi connectivity index (χ4v) is 4.13. The van der Waals surface area contributed by atoms with Crippen molar-refractivity contribution in [2.24, 2.45) is 4.99 Å². The number of aryl methyl sites for hydroxylation is 1. The molecule has 0 radical (unpaired) electrons. The molecule has 0 spiro atoms. The maximum absolute atomic E-state index is 13.5. The van der Waals surface area contributed by atoms with E-state index in [1.807, 2.05) is 19.9 Å². The Morgan fingerprint density at radius 1 is 1.44 bits per heavy atom. The average molecular weight is 484 g/mol. The van der Waals surface area contributed by atoms with E-state index in [0.29, 0.717) is 58.2 Å². The van der Waals surface area contributed by atoms with Gasteiger partial charge in [0.25, 0.3) is 5.91 Å². The van der Waals surface area contributed by atoms with Crippen molar-refractivity contribution in [1.29, 1.82) is 0 Å². The summed E-state index contributed by atoms with van der Waals surface area (Å²) in [6.45, 7) is 10.4. The number of aliphatic imine (C=N–C) groups is 1. The molecule has 1 saturated heterocycles. The number of likely N-dealkylation sites (N-methyl/N-ethyl adjacent to an activating group) is 1. The fraction of sp³-hybridized carbons (Fsp3) is 0.333. The summed E-state index contributed by atoms with van der Waals surface area (Å²) < 4.78 is 10.3. The first-order valence-corrected chi connectivity index (χ1v) is 11.3. The third-order valence-electron chi connectivity index (χ3n) is 5.60. The van der Waals surface area contributed by atoms with Gasteiger partial charge in [-0.3, -0.25) is 9.69 Å². The Morgan fingerprint density at radius 3 is 2.82 bits per heavy atom. The van der Waals surface area contributed by atoms with Gasteiger partial charge in [0.2, 0.25) is 11.7 Å². The molecule has 2 aliphatic heterocycles. The molecule has 1 aromatic carbocycles. The predicted octanol–water partition coefficient (Wildman–Crippen LogP) is 3.11. The minimum Gasteiger partial charge on any atom is -0.388 e. The molecule has 0 unspecified atom stereocenters. The predicted molar refractivity (Wildman–Crippen MR) is 129 cm³/mol. The van der Waals surface area contributed by atoms with Gasteiger partial charge in [-0.05, 0) is 26.0 Å². The number of carbonyl (C=O) groups excluding carboxylic acids is 1. The van der Waals surface area contributed by atoms with E-state index in [9.17, 15) is 9.90 Å². The summed E-state index contributed by atoms with van der Waals surface area (Å²) in [7, 11) is 0. The van der Waals surface area contributed by atoms with E-state index in [1.54, 1.807) is 36.1 Å². The van der Waals surface area contributed by atoms with E-state index in [2.05, 4.69) is 27.0 Å². The Balaban J connectivity index is 1.66. The second-order valence-corrected chi connectivity index (χ2v) is 8.33. The summed E-state index contributed by atoms with van der Waals surface area (Å²) in [6.07, 6.45) is 3.01.